The van der Waals surface area contributed by atoms with Gasteiger partial charge in [-0.3, -0.25) is 0 Å². The maximum Gasteiger partial charge on any atom is 0.242 e. The highest BCUT2D eigenvalue weighted by Crippen LogP contribution is 2.20. The third kappa shape index (κ3) is 3.20. The minimum atomic E-state index is -3.38. The van der Waals surface area contributed by atoms with Crippen LogP contribution in [-0.2, 0) is 16.6 Å². The minimum absolute atomic E-state index is 0.301. The van der Waals surface area contributed by atoms with Crippen LogP contribution in [0.5, 0.6) is 0 Å². The van der Waals surface area contributed by atoms with Crippen molar-refractivity contribution < 1.29 is 8.42 Å². The Balaban J connectivity index is 2.17. The lowest BCUT2D eigenvalue weighted by molar-refractivity contribution is 0.521. The molecule has 1 aromatic carbocycles. The summed E-state index contributed by atoms with van der Waals surface area (Å²) in [5.74, 6) is 0. The Labute approximate surface area is 124 Å². The molecule has 4 nitrogen and oxygen atoms in total. The number of rotatable bonds is 5. The summed E-state index contributed by atoms with van der Waals surface area (Å²) in [5.41, 5.74) is 2.06. The lowest BCUT2D eigenvalue weighted by Gasteiger charge is -2.13. The average molecular weight is 310 g/mol. The first-order valence-electron chi connectivity index (χ1n) is 6.20. The Bertz CT molecular complexity index is 691. The summed E-state index contributed by atoms with van der Waals surface area (Å²) < 4.78 is 25.4. The molecule has 108 valence electrons. The fourth-order valence-electron chi connectivity index (χ4n) is 1.74. The van der Waals surface area contributed by atoms with Gasteiger partial charge in [-0.1, -0.05) is 6.07 Å². The molecular weight excluding hydrogens is 292 g/mol. The fraction of sp³-hybridized carbons (Fsp3) is 0.286. The van der Waals surface area contributed by atoms with Crippen molar-refractivity contribution in [3.63, 3.8) is 0 Å². The summed E-state index contributed by atoms with van der Waals surface area (Å²) >= 11 is 1.69. The molecule has 0 aliphatic rings. The molecule has 0 aliphatic heterocycles. The van der Waals surface area contributed by atoms with Gasteiger partial charge in [-0.25, -0.2) is 12.7 Å². The van der Waals surface area contributed by atoms with E-state index in [0.717, 1.165) is 5.69 Å². The largest absolute Gasteiger partial charge is 0.380 e. The van der Waals surface area contributed by atoms with Gasteiger partial charge < -0.3 is 5.32 Å². The Morgan fingerprint density at radius 3 is 2.60 bits per heavy atom. The number of nitrogens with one attached hydrogen (secondary N) is 1. The number of hydrogen-bond acceptors (Lipinski definition) is 4. The second kappa shape index (κ2) is 5.95. The van der Waals surface area contributed by atoms with Crippen molar-refractivity contribution >= 4 is 27.0 Å². The molecule has 1 aromatic heterocycles. The van der Waals surface area contributed by atoms with Gasteiger partial charge in [-0.15, -0.1) is 11.3 Å². The van der Waals surface area contributed by atoms with Crippen molar-refractivity contribution in [2.24, 2.45) is 0 Å². The highest BCUT2D eigenvalue weighted by atomic mass is 32.2. The van der Waals surface area contributed by atoms with Gasteiger partial charge >= 0.3 is 0 Å². The number of benzene rings is 1. The highest BCUT2D eigenvalue weighted by molar-refractivity contribution is 7.89. The Morgan fingerprint density at radius 2 is 2.00 bits per heavy atom. The molecule has 0 radical (unpaired) electrons. The van der Waals surface area contributed by atoms with E-state index in [0.29, 0.717) is 11.4 Å². The van der Waals surface area contributed by atoms with Crippen molar-refractivity contribution in [2.75, 3.05) is 19.4 Å². The Hall–Kier alpha value is -1.37. The zero-order valence-corrected chi connectivity index (χ0v) is 13.4. The molecule has 20 heavy (non-hydrogen) atoms. The standard InChI is InChI=1S/C14H18N2O2S2/c1-11-7-8-19-14(11)10-15-12-5-4-6-13(9-12)20(17,18)16(2)3/h4-9,15H,10H2,1-3H3. The van der Waals surface area contributed by atoms with Crippen LogP contribution in [0.2, 0.25) is 0 Å². The molecule has 1 heterocycles. The first-order valence-corrected chi connectivity index (χ1v) is 8.52. The molecule has 0 unspecified atom stereocenters. The summed E-state index contributed by atoms with van der Waals surface area (Å²) in [6, 6.07) is 8.97. The van der Waals surface area contributed by atoms with Gasteiger partial charge in [0, 0.05) is 31.2 Å². The summed E-state index contributed by atoms with van der Waals surface area (Å²) in [6.45, 7) is 2.77. The molecular formula is C14H18N2O2S2. The zero-order chi connectivity index (χ0) is 14.8. The van der Waals surface area contributed by atoms with Gasteiger partial charge in [0.25, 0.3) is 0 Å². The fourth-order valence-corrected chi connectivity index (χ4v) is 3.54. The first kappa shape index (κ1) is 15.0. The minimum Gasteiger partial charge on any atom is -0.380 e. The highest BCUT2D eigenvalue weighted by Gasteiger charge is 2.17. The third-order valence-electron chi connectivity index (χ3n) is 3.03. The van der Waals surface area contributed by atoms with Gasteiger partial charge in [0.15, 0.2) is 0 Å². The van der Waals surface area contributed by atoms with E-state index in [2.05, 4.69) is 23.7 Å². The molecule has 2 aromatic rings. The van der Waals surface area contributed by atoms with Gasteiger partial charge in [-0.05, 0) is 42.1 Å². The predicted molar refractivity (Wildman–Crippen MR) is 83.7 cm³/mol. The molecule has 0 spiro atoms. The SMILES string of the molecule is Cc1ccsc1CNc1cccc(S(=O)(=O)N(C)C)c1. The lowest BCUT2D eigenvalue weighted by atomic mass is 10.2. The number of nitrogens with zero attached hydrogens (tertiary/aromatic N) is 1. The molecule has 1 N–H and O–H groups in total. The van der Waals surface area contributed by atoms with E-state index in [-0.39, 0.29) is 0 Å². The molecule has 0 amide bonds. The molecule has 0 aliphatic carbocycles. The van der Waals surface area contributed by atoms with E-state index < -0.39 is 10.0 Å². The van der Waals surface area contributed by atoms with Crippen molar-refractivity contribution in [1.29, 1.82) is 0 Å². The van der Waals surface area contributed by atoms with Gasteiger partial charge in [0.05, 0.1) is 4.90 Å². The second-order valence-corrected chi connectivity index (χ2v) is 7.85. The van der Waals surface area contributed by atoms with Gasteiger partial charge in [0.1, 0.15) is 0 Å². The summed E-state index contributed by atoms with van der Waals surface area (Å²) in [5, 5.41) is 5.32. The molecule has 0 bridgehead atoms. The molecule has 0 saturated carbocycles. The van der Waals surface area contributed by atoms with Crippen molar-refractivity contribution in [3.8, 4) is 0 Å². The Morgan fingerprint density at radius 1 is 1.25 bits per heavy atom. The maximum absolute atomic E-state index is 12.1. The van der Waals surface area contributed by atoms with E-state index >= 15 is 0 Å². The van der Waals surface area contributed by atoms with Crippen molar-refractivity contribution in [3.05, 3.63) is 46.2 Å². The van der Waals surface area contributed by atoms with E-state index in [1.54, 1.807) is 29.5 Å². The number of anilines is 1. The van der Waals surface area contributed by atoms with Crippen LogP contribution in [-0.4, -0.2) is 26.8 Å². The van der Waals surface area contributed by atoms with Crippen LogP contribution < -0.4 is 5.32 Å². The molecule has 0 fully saturated rings. The van der Waals surface area contributed by atoms with Crippen molar-refractivity contribution in [1.82, 2.24) is 4.31 Å². The van der Waals surface area contributed by atoms with Crippen LogP contribution in [0.3, 0.4) is 0 Å². The monoisotopic (exact) mass is 310 g/mol. The number of thiophene rings is 1. The van der Waals surface area contributed by atoms with Crippen molar-refractivity contribution in [2.45, 2.75) is 18.4 Å². The number of hydrogen-bond donors (Lipinski definition) is 1. The third-order valence-corrected chi connectivity index (χ3v) is 5.87. The number of aryl methyl sites for hydroxylation is 1. The first-order chi connectivity index (χ1) is 9.41. The Kier molecular flexibility index (Phi) is 4.47. The van der Waals surface area contributed by atoms with Crippen LogP contribution in [0.15, 0.2) is 40.6 Å². The molecule has 0 atom stereocenters. The summed E-state index contributed by atoms with van der Waals surface area (Å²) in [4.78, 5) is 1.56. The predicted octanol–water partition coefficient (Wildman–Crippen LogP) is 2.92. The lowest BCUT2D eigenvalue weighted by Crippen LogP contribution is -2.22. The molecule has 2 rings (SSSR count). The second-order valence-electron chi connectivity index (χ2n) is 4.70. The van der Waals surface area contributed by atoms with E-state index in [1.165, 1.54) is 28.8 Å². The van der Waals surface area contributed by atoms with Crippen LogP contribution in [0, 0.1) is 6.92 Å². The van der Waals surface area contributed by atoms with Crippen LogP contribution >= 0.6 is 11.3 Å². The van der Waals surface area contributed by atoms with E-state index in [9.17, 15) is 8.42 Å². The van der Waals surface area contributed by atoms with Crippen LogP contribution in [0.25, 0.3) is 0 Å². The summed E-state index contributed by atoms with van der Waals surface area (Å²) in [6.07, 6.45) is 0. The quantitative estimate of drug-likeness (QED) is 0.924. The summed E-state index contributed by atoms with van der Waals surface area (Å²) in [7, 11) is -0.319. The normalized spacial score (nSPS) is 11.8. The smallest absolute Gasteiger partial charge is 0.242 e. The van der Waals surface area contributed by atoms with Crippen LogP contribution in [0.4, 0.5) is 5.69 Å². The topological polar surface area (TPSA) is 49.4 Å². The molecule has 6 heteroatoms. The maximum atomic E-state index is 12.1. The van der Waals surface area contributed by atoms with Gasteiger partial charge in [-0.2, -0.15) is 0 Å². The van der Waals surface area contributed by atoms with Gasteiger partial charge in [0.2, 0.25) is 10.0 Å². The van der Waals surface area contributed by atoms with Crippen LogP contribution in [0.1, 0.15) is 10.4 Å². The van der Waals surface area contributed by atoms with E-state index in [1.807, 2.05) is 6.07 Å². The molecule has 0 saturated heterocycles. The van der Waals surface area contributed by atoms with E-state index in [4.69, 9.17) is 0 Å². The number of sulfonamides is 1. The average Bonchev–Trinajstić information content (AvgIpc) is 2.82. The zero-order valence-electron chi connectivity index (χ0n) is 11.8.